The molecule has 5 nitrogen and oxygen atoms in total. The monoisotopic (exact) mass is 282 g/mol. The zero-order chi connectivity index (χ0) is 14.2. The molecule has 1 aliphatic rings. The number of carbonyl (C=O) groups is 2. The summed E-state index contributed by atoms with van der Waals surface area (Å²) in [7, 11) is 0. The summed E-state index contributed by atoms with van der Waals surface area (Å²) in [4.78, 5) is 23.7. The van der Waals surface area contributed by atoms with Crippen LogP contribution in [0.25, 0.3) is 0 Å². The Morgan fingerprint density at radius 3 is 2.68 bits per heavy atom. The van der Waals surface area contributed by atoms with Gasteiger partial charge < -0.3 is 15.8 Å². The van der Waals surface area contributed by atoms with E-state index in [1.54, 1.807) is 11.4 Å². The average molecular weight is 282 g/mol. The Morgan fingerprint density at radius 2 is 2.16 bits per heavy atom. The summed E-state index contributed by atoms with van der Waals surface area (Å²) in [5, 5.41) is 4.58. The first-order chi connectivity index (χ1) is 8.76. The Kier molecular flexibility index (Phi) is 3.54. The van der Waals surface area contributed by atoms with Crippen molar-refractivity contribution in [3.05, 3.63) is 21.9 Å². The van der Waals surface area contributed by atoms with Gasteiger partial charge in [-0.05, 0) is 33.3 Å². The minimum absolute atomic E-state index is 0.0919. The van der Waals surface area contributed by atoms with Crippen LogP contribution >= 0.6 is 11.3 Å². The fourth-order valence-corrected chi connectivity index (χ4v) is 2.88. The van der Waals surface area contributed by atoms with E-state index in [1.807, 2.05) is 20.8 Å². The normalized spacial score (nSPS) is 21.8. The Labute approximate surface area is 116 Å². The molecule has 1 saturated carbocycles. The number of thiophene rings is 1. The van der Waals surface area contributed by atoms with Crippen LogP contribution in [0.2, 0.25) is 0 Å². The summed E-state index contributed by atoms with van der Waals surface area (Å²) in [6.07, 6.45) is 0.476. The third-order valence-electron chi connectivity index (χ3n) is 2.76. The standard InChI is InChI=1S/C13H18N2O3S/c1-13(2,3)18-12(17)15-9-5-8(9)10-4-7(6-19-10)11(14)16/h4,6,8-9H,5H2,1-3H3,(H2,14,16)(H,15,17). The summed E-state index contributed by atoms with van der Waals surface area (Å²) in [6.45, 7) is 5.49. The molecule has 2 atom stereocenters. The fraction of sp³-hybridized carbons (Fsp3) is 0.538. The van der Waals surface area contributed by atoms with E-state index >= 15 is 0 Å². The van der Waals surface area contributed by atoms with Crippen LogP contribution in [0.5, 0.6) is 0 Å². The first-order valence-electron chi connectivity index (χ1n) is 6.14. The number of alkyl carbamates (subject to hydrolysis) is 1. The molecule has 2 amide bonds. The third kappa shape index (κ3) is 3.70. The number of amides is 2. The molecule has 0 bridgehead atoms. The molecule has 3 N–H and O–H groups in total. The largest absolute Gasteiger partial charge is 0.444 e. The number of rotatable bonds is 3. The van der Waals surface area contributed by atoms with E-state index < -0.39 is 17.6 Å². The number of nitrogens with one attached hydrogen (secondary N) is 1. The fourth-order valence-electron chi connectivity index (χ4n) is 1.80. The summed E-state index contributed by atoms with van der Waals surface area (Å²) in [5.41, 5.74) is 5.25. The lowest BCUT2D eigenvalue weighted by Gasteiger charge is -2.19. The van der Waals surface area contributed by atoms with E-state index in [-0.39, 0.29) is 12.0 Å². The molecule has 0 radical (unpaired) electrons. The molecule has 1 aromatic heterocycles. The van der Waals surface area contributed by atoms with Crippen LogP contribution in [0.4, 0.5) is 4.79 Å². The Balaban J connectivity index is 1.87. The SMILES string of the molecule is CC(C)(C)OC(=O)NC1CC1c1cc(C(N)=O)cs1. The Morgan fingerprint density at radius 1 is 1.47 bits per heavy atom. The topological polar surface area (TPSA) is 81.4 Å². The Bertz CT molecular complexity index is 504. The highest BCUT2D eigenvalue weighted by Gasteiger charge is 2.41. The predicted molar refractivity (Wildman–Crippen MR) is 73.4 cm³/mol. The third-order valence-corrected chi connectivity index (χ3v) is 3.83. The van der Waals surface area contributed by atoms with E-state index in [0.717, 1.165) is 11.3 Å². The van der Waals surface area contributed by atoms with Gasteiger partial charge in [0.1, 0.15) is 5.60 Å². The number of hydrogen-bond donors (Lipinski definition) is 2. The van der Waals surface area contributed by atoms with Crippen molar-refractivity contribution in [1.82, 2.24) is 5.32 Å². The molecule has 1 heterocycles. The molecule has 0 saturated heterocycles. The summed E-state index contributed by atoms with van der Waals surface area (Å²) in [5.74, 6) is -0.148. The molecule has 1 aliphatic carbocycles. The van der Waals surface area contributed by atoms with Gasteiger partial charge in [-0.1, -0.05) is 0 Å². The number of carbonyl (C=O) groups excluding carboxylic acids is 2. The van der Waals surface area contributed by atoms with E-state index in [9.17, 15) is 9.59 Å². The lowest BCUT2D eigenvalue weighted by molar-refractivity contribution is 0.0522. The molecule has 2 unspecified atom stereocenters. The first-order valence-corrected chi connectivity index (χ1v) is 7.02. The molecule has 104 valence electrons. The highest BCUT2D eigenvalue weighted by atomic mass is 32.1. The highest BCUT2D eigenvalue weighted by Crippen LogP contribution is 2.43. The summed E-state index contributed by atoms with van der Waals surface area (Å²) >= 11 is 1.50. The van der Waals surface area contributed by atoms with Crippen molar-refractivity contribution in [2.24, 2.45) is 5.73 Å². The van der Waals surface area contributed by atoms with Crippen LogP contribution in [-0.2, 0) is 4.74 Å². The van der Waals surface area contributed by atoms with Gasteiger partial charge >= 0.3 is 6.09 Å². The van der Waals surface area contributed by atoms with E-state index in [0.29, 0.717) is 5.56 Å². The van der Waals surface area contributed by atoms with Gasteiger partial charge in [0.15, 0.2) is 0 Å². The van der Waals surface area contributed by atoms with Gasteiger partial charge in [0.2, 0.25) is 5.91 Å². The molecule has 0 spiro atoms. The number of hydrogen-bond acceptors (Lipinski definition) is 4. The molecule has 19 heavy (non-hydrogen) atoms. The quantitative estimate of drug-likeness (QED) is 0.892. The van der Waals surface area contributed by atoms with Gasteiger partial charge in [-0.2, -0.15) is 0 Å². The van der Waals surface area contributed by atoms with Gasteiger partial charge in [-0.15, -0.1) is 11.3 Å². The van der Waals surface area contributed by atoms with E-state index in [2.05, 4.69) is 5.32 Å². The minimum Gasteiger partial charge on any atom is -0.444 e. The second-order valence-corrected chi connectivity index (χ2v) is 6.64. The van der Waals surface area contributed by atoms with Gasteiger partial charge in [0.05, 0.1) is 5.56 Å². The molecule has 1 fully saturated rings. The maximum atomic E-state index is 11.6. The van der Waals surface area contributed by atoms with Gasteiger partial charge in [0.25, 0.3) is 0 Å². The highest BCUT2D eigenvalue weighted by molar-refractivity contribution is 7.10. The second kappa shape index (κ2) is 4.85. The Hall–Kier alpha value is -1.56. The van der Waals surface area contributed by atoms with Crippen molar-refractivity contribution in [3.63, 3.8) is 0 Å². The molecule has 2 rings (SSSR count). The van der Waals surface area contributed by atoms with Crippen LogP contribution in [0.1, 0.15) is 48.3 Å². The predicted octanol–water partition coefficient (Wildman–Crippen LogP) is 2.23. The average Bonchev–Trinajstić information content (AvgIpc) is 2.82. The summed E-state index contributed by atoms with van der Waals surface area (Å²) in [6, 6.07) is 1.89. The van der Waals surface area contributed by atoms with Crippen LogP contribution in [0.3, 0.4) is 0 Å². The van der Waals surface area contributed by atoms with Gasteiger partial charge in [-0.25, -0.2) is 4.79 Å². The molecule has 1 aromatic rings. The van der Waals surface area contributed by atoms with Crippen molar-refractivity contribution < 1.29 is 14.3 Å². The number of primary amides is 1. The second-order valence-electron chi connectivity index (χ2n) is 5.70. The summed E-state index contributed by atoms with van der Waals surface area (Å²) < 4.78 is 5.20. The maximum absolute atomic E-state index is 11.6. The molecule has 6 heteroatoms. The van der Waals surface area contributed by atoms with E-state index in [1.165, 1.54) is 11.3 Å². The zero-order valence-corrected chi connectivity index (χ0v) is 12.0. The van der Waals surface area contributed by atoms with Gasteiger partial charge in [-0.3, -0.25) is 4.79 Å². The van der Waals surface area contributed by atoms with E-state index in [4.69, 9.17) is 10.5 Å². The van der Waals surface area contributed by atoms with Crippen molar-refractivity contribution in [2.45, 2.75) is 44.8 Å². The molecular weight excluding hydrogens is 264 g/mol. The van der Waals surface area contributed by atoms with Crippen molar-refractivity contribution in [2.75, 3.05) is 0 Å². The van der Waals surface area contributed by atoms with Gasteiger partial charge in [0, 0.05) is 22.2 Å². The van der Waals surface area contributed by atoms with Crippen LogP contribution < -0.4 is 11.1 Å². The lowest BCUT2D eigenvalue weighted by atomic mass is 10.2. The number of nitrogens with two attached hydrogens (primary N) is 1. The van der Waals surface area contributed by atoms with Crippen molar-refractivity contribution in [1.29, 1.82) is 0 Å². The van der Waals surface area contributed by atoms with Crippen LogP contribution in [-0.4, -0.2) is 23.6 Å². The minimum atomic E-state index is -0.490. The van der Waals surface area contributed by atoms with Crippen LogP contribution in [0, 0.1) is 0 Å². The van der Waals surface area contributed by atoms with Crippen molar-refractivity contribution >= 4 is 23.3 Å². The maximum Gasteiger partial charge on any atom is 0.407 e. The molecule has 0 aromatic carbocycles. The molecule has 0 aliphatic heterocycles. The lowest BCUT2D eigenvalue weighted by Crippen LogP contribution is -2.34. The van der Waals surface area contributed by atoms with Crippen LogP contribution in [0.15, 0.2) is 11.4 Å². The van der Waals surface area contributed by atoms with Crippen molar-refractivity contribution in [3.8, 4) is 0 Å². The zero-order valence-electron chi connectivity index (χ0n) is 11.2. The first kappa shape index (κ1) is 13.9. The molecular formula is C13H18N2O3S. The smallest absolute Gasteiger partial charge is 0.407 e. The number of ether oxygens (including phenoxy) is 1.